The summed E-state index contributed by atoms with van der Waals surface area (Å²) in [5, 5.41) is 0. The quantitative estimate of drug-likeness (QED) is 0.747. The van der Waals surface area contributed by atoms with Crippen LogP contribution >= 0.6 is 0 Å². The van der Waals surface area contributed by atoms with Gasteiger partial charge in [0.05, 0.1) is 0 Å². The first-order valence-electron chi connectivity index (χ1n) is 5.75. The molecule has 96 valence electrons. The number of rotatable bonds is 7. The van der Waals surface area contributed by atoms with Crippen LogP contribution < -0.4 is 5.73 Å². The number of aryl methyl sites for hydroxylation is 1. The predicted molar refractivity (Wildman–Crippen MR) is 64.3 cm³/mol. The fourth-order valence-electron chi connectivity index (χ4n) is 1.65. The number of ether oxygens (including phenoxy) is 1. The van der Waals surface area contributed by atoms with E-state index in [1.807, 2.05) is 25.1 Å². The van der Waals surface area contributed by atoms with Crippen LogP contribution in [-0.4, -0.2) is 25.7 Å². The third-order valence-electron chi connectivity index (χ3n) is 2.46. The van der Waals surface area contributed by atoms with Crippen molar-refractivity contribution in [3.63, 3.8) is 0 Å². The van der Waals surface area contributed by atoms with Gasteiger partial charge in [0.1, 0.15) is 6.61 Å². The van der Waals surface area contributed by atoms with Crippen LogP contribution in [0.4, 0.5) is 8.78 Å². The van der Waals surface area contributed by atoms with Gasteiger partial charge in [-0.1, -0.05) is 29.8 Å². The van der Waals surface area contributed by atoms with Crippen LogP contribution in [0, 0.1) is 6.92 Å². The van der Waals surface area contributed by atoms with E-state index >= 15 is 0 Å². The van der Waals surface area contributed by atoms with Crippen molar-refractivity contribution >= 4 is 0 Å². The van der Waals surface area contributed by atoms with E-state index in [-0.39, 0.29) is 12.6 Å². The summed E-state index contributed by atoms with van der Waals surface area (Å²) in [5.74, 6) is 0. The molecule has 0 fully saturated rings. The van der Waals surface area contributed by atoms with E-state index in [2.05, 4.69) is 6.07 Å². The Morgan fingerprint density at radius 3 is 2.76 bits per heavy atom. The molecule has 2 nitrogen and oxygen atoms in total. The van der Waals surface area contributed by atoms with E-state index in [1.165, 1.54) is 11.1 Å². The van der Waals surface area contributed by atoms with Crippen molar-refractivity contribution in [1.82, 2.24) is 0 Å². The van der Waals surface area contributed by atoms with Gasteiger partial charge in [-0.25, -0.2) is 8.78 Å². The van der Waals surface area contributed by atoms with Crippen LogP contribution in [-0.2, 0) is 11.2 Å². The van der Waals surface area contributed by atoms with Gasteiger partial charge in [0.2, 0.25) is 0 Å². The van der Waals surface area contributed by atoms with Crippen molar-refractivity contribution in [1.29, 1.82) is 0 Å². The van der Waals surface area contributed by atoms with E-state index in [4.69, 9.17) is 10.5 Å². The Morgan fingerprint density at radius 2 is 2.12 bits per heavy atom. The summed E-state index contributed by atoms with van der Waals surface area (Å²) in [6.07, 6.45) is -1.05. The first-order chi connectivity index (χ1) is 8.08. The maximum Gasteiger partial charge on any atom is 0.261 e. The monoisotopic (exact) mass is 243 g/mol. The van der Waals surface area contributed by atoms with Crippen LogP contribution in [0.3, 0.4) is 0 Å². The molecule has 0 aromatic heterocycles. The molecular formula is C13H19F2NO. The molecule has 0 aliphatic carbocycles. The number of halogens is 2. The Hall–Kier alpha value is -1.00. The van der Waals surface area contributed by atoms with E-state index in [9.17, 15) is 8.78 Å². The lowest BCUT2D eigenvalue weighted by molar-refractivity contribution is 0.0153. The summed E-state index contributed by atoms with van der Waals surface area (Å²) in [7, 11) is 0. The molecule has 0 heterocycles. The van der Waals surface area contributed by atoms with Crippen LogP contribution in [0.2, 0.25) is 0 Å². The second-order valence-corrected chi connectivity index (χ2v) is 4.21. The van der Waals surface area contributed by atoms with Gasteiger partial charge in [0.25, 0.3) is 6.43 Å². The summed E-state index contributed by atoms with van der Waals surface area (Å²) in [6.45, 7) is 1.81. The van der Waals surface area contributed by atoms with Crippen molar-refractivity contribution in [3.8, 4) is 0 Å². The standard InChI is InChI=1S/C13H19F2NO/c1-10-3-2-4-11(7-10)8-12(16)5-6-17-9-13(14)15/h2-4,7,12-13H,5-6,8-9,16H2,1H3. The number of alkyl halides is 2. The number of nitrogens with two attached hydrogens (primary N) is 1. The Labute approximate surface area is 101 Å². The molecule has 1 atom stereocenters. The molecule has 1 aromatic rings. The first kappa shape index (κ1) is 14.1. The number of hydrogen-bond acceptors (Lipinski definition) is 2. The molecule has 0 amide bonds. The Morgan fingerprint density at radius 1 is 1.35 bits per heavy atom. The average Bonchev–Trinajstić information content (AvgIpc) is 2.24. The van der Waals surface area contributed by atoms with Crippen LogP contribution in [0.1, 0.15) is 17.5 Å². The molecule has 4 heteroatoms. The fraction of sp³-hybridized carbons (Fsp3) is 0.538. The van der Waals surface area contributed by atoms with Gasteiger partial charge in [0.15, 0.2) is 0 Å². The Kier molecular flexibility index (Phi) is 6.08. The van der Waals surface area contributed by atoms with Crippen LogP contribution in [0.25, 0.3) is 0 Å². The van der Waals surface area contributed by atoms with E-state index in [1.54, 1.807) is 0 Å². The molecule has 0 saturated carbocycles. The summed E-state index contributed by atoms with van der Waals surface area (Å²) >= 11 is 0. The Balaban J connectivity index is 2.23. The molecule has 0 aliphatic heterocycles. The highest BCUT2D eigenvalue weighted by atomic mass is 19.3. The lowest BCUT2D eigenvalue weighted by Crippen LogP contribution is -2.25. The second-order valence-electron chi connectivity index (χ2n) is 4.21. The molecule has 17 heavy (non-hydrogen) atoms. The molecule has 0 radical (unpaired) electrons. The van der Waals surface area contributed by atoms with Crippen LogP contribution in [0.5, 0.6) is 0 Å². The number of hydrogen-bond donors (Lipinski definition) is 1. The average molecular weight is 243 g/mol. The normalized spacial score (nSPS) is 13.0. The summed E-state index contributed by atoms with van der Waals surface area (Å²) < 4.78 is 28.4. The van der Waals surface area contributed by atoms with Gasteiger partial charge >= 0.3 is 0 Å². The molecule has 0 bridgehead atoms. The highest BCUT2D eigenvalue weighted by Gasteiger charge is 2.06. The minimum absolute atomic E-state index is 0.0468. The van der Waals surface area contributed by atoms with Gasteiger partial charge in [0, 0.05) is 12.6 Å². The zero-order chi connectivity index (χ0) is 12.7. The zero-order valence-corrected chi connectivity index (χ0v) is 10.0. The van der Waals surface area contributed by atoms with Gasteiger partial charge in [-0.3, -0.25) is 0 Å². The number of benzene rings is 1. The minimum Gasteiger partial charge on any atom is -0.375 e. The van der Waals surface area contributed by atoms with E-state index in [0.717, 1.165) is 6.42 Å². The first-order valence-corrected chi connectivity index (χ1v) is 5.75. The lowest BCUT2D eigenvalue weighted by atomic mass is 10.0. The van der Waals surface area contributed by atoms with Crippen molar-refractivity contribution in [2.24, 2.45) is 5.73 Å². The highest BCUT2D eigenvalue weighted by Crippen LogP contribution is 2.07. The van der Waals surface area contributed by atoms with Gasteiger partial charge in [-0.2, -0.15) is 0 Å². The highest BCUT2D eigenvalue weighted by molar-refractivity contribution is 5.22. The van der Waals surface area contributed by atoms with E-state index in [0.29, 0.717) is 6.42 Å². The predicted octanol–water partition coefficient (Wildman–Crippen LogP) is 2.54. The third kappa shape index (κ3) is 6.34. The molecule has 1 aromatic carbocycles. The lowest BCUT2D eigenvalue weighted by Gasteiger charge is -2.12. The zero-order valence-electron chi connectivity index (χ0n) is 10.0. The molecular weight excluding hydrogens is 224 g/mol. The molecule has 0 spiro atoms. The van der Waals surface area contributed by atoms with Gasteiger partial charge in [-0.15, -0.1) is 0 Å². The minimum atomic E-state index is -2.40. The molecule has 1 rings (SSSR count). The molecule has 0 saturated heterocycles. The maximum absolute atomic E-state index is 11.8. The molecule has 2 N–H and O–H groups in total. The fourth-order valence-corrected chi connectivity index (χ4v) is 1.65. The second kappa shape index (κ2) is 7.35. The topological polar surface area (TPSA) is 35.2 Å². The molecule has 1 unspecified atom stereocenters. The summed E-state index contributed by atoms with van der Waals surface area (Å²) in [6, 6.07) is 8.08. The maximum atomic E-state index is 11.8. The van der Waals surface area contributed by atoms with Crippen molar-refractivity contribution in [3.05, 3.63) is 35.4 Å². The smallest absolute Gasteiger partial charge is 0.261 e. The van der Waals surface area contributed by atoms with Crippen LogP contribution in [0.15, 0.2) is 24.3 Å². The summed E-state index contributed by atoms with van der Waals surface area (Å²) in [5.41, 5.74) is 8.28. The van der Waals surface area contributed by atoms with Gasteiger partial charge < -0.3 is 10.5 Å². The summed E-state index contributed by atoms with van der Waals surface area (Å²) in [4.78, 5) is 0. The third-order valence-corrected chi connectivity index (χ3v) is 2.46. The molecule has 0 aliphatic rings. The van der Waals surface area contributed by atoms with Crippen molar-refractivity contribution in [2.75, 3.05) is 13.2 Å². The van der Waals surface area contributed by atoms with Gasteiger partial charge in [-0.05, 0) is 25.3 Å². The largest absolute Gasteiger partial charge is 0.375 e. The Bertz CT molecular complexity index is 331. The van der Waals surface area contributed by atoms with Crippen molar-refractivity contribution < 1.29 is 13.5 Å². The van der Waals surface area contributed by atoms with Crippen molar-refractivity contribution in [2.45, 2.75) is 32.2 Å². The SMILES string of the molecule is Cc1cccc(CC(N)CCOCC(F)F)c1. The van der Waals surface area contributed by atoms with E-state index < -0.39 is 13.0 Å².